The highest BCUT2D eigenvalue weighted by molar-refractivity contribution is 6.32. The van der Waals surface area contributed by atoms with E-state index in [1.165, 1.54) is 12.8 Å². The summed E-state index contributed by atoms with van der Waals surface area (Å²) in [6, 6.07) is 11.2. The summed E-state index contributed by atoms with van der Waals surface area (Å²) in [5.41, 5.74) is 4.13. The van der Waals surface area contributed by atoms with Gasteiger partial charge in [-0.25, -0.2) is 4.39 Å². The van der Waals surface area contributed by atoms with E-state index < -0.39 is 0 Å². The molecule has 0 saturated carbocycles. The summed E-state index contributed by atoms with van der Waals surface area (Å²) >= 11 is 6.94. The number of carbonyl (C=O) groups excluding carboxylic acids is 2. The fourth-order valence-corrected chi connectivity index (χ4v) is 8.66. The number of likely N-dealkylation sites (tertiary alicyclic amines) is 1. The number of piperidine rings is 3. The van der Waals surface area contributed by atoms with Gasteiger partial charge in [0, 0.05) is 73.8 Å². The number of hydrogen-bond donors (Lipinski definition) is 1. The van der Waals surface area contributed by atoms with Gasteiger partial charge in [-0.3, -0.25) is 29.6 Å². The fourth-order valence-electron chi connectivity index (χ4n) is 8.39. The van der Waals surface area contributed by atoms with Crippen molar-refractivity contribution in [1.82, 2.24) is 19.8 Å². The van der Waals surface area contributed by atoms with Gasteiger partial charge in [-0.2, -0.15) is 0 Å². The molecule has 0 radical (unpaired) electrons. The van der Waals surface area contributed by atoms with Gasteiger partial charge in [-0.15, -0.1) is 0 Å². The number of benzene rings is 2. The van der Waals surface area contributed by atoms with E-state index in [1.807, 2.05) is 36.5 Å². The normalized spacial score (nSPS) is 19.3. The molecule has 7 rings (SSSR count). The third-order valence-electron chi connectivity index (χ3n) is 11.5. The number of rotatable bonds is 10. The number of aromatic nitrogens is 2. The molecule has 52 heavy (non-hydrogen) atoms. The maximum atomic E-state index is 15.2. The molecular formula is C41H47ClFN5O4. The van der Waals surface area contributed by atoms with E-state index in [9.17, 15) is 14.4 Å². The van der Waals surface area contributed by atoms with E-state index in [1.54, 1.807) is 37.2 Å². The summed E-state index contributed by atoms with van der Waals surface area (Å²) in [7, 11) is 3.43. The molecule has 11 heteroatoms. The van der Waals surface area contributed by atoms with Gasteiger partial charge in [0.15, 0.2) is 0 Å². The lowest BCUT2D eigenvalue weighted by Crippen LogP contribution is -2.41. The van der Waals surface area contributed by atoms with Crippen LogP contribution >= 0.6 is 11.6 Å². The lowest BCUT2D eigenvalue weighted by molar-refractivity contribution is -0.136. The van der Waals surface area contributed by atoms with Crippen LogP contribution in [0, 0.1) is 23.6 Å². The van der Waals surface area contributed by atoms with Crippen LogP contribution in [0.5, 0.6) is 5.75 Å². The van der Waals surface area contributed by atoms with E-state index in [0.717, 1.165) is 91.8 Å². The third-order valence-corrected chi connectivity index (χ3v) is 11.9. The van der Waals surface area contributed by atoms with E-state index in [2.05, 4.69) is 20.1 Å². The fraction of sp³-hybridized carbons (Fsp3) is 0.463. The van der Waals surface area contributed by atoms with Crippen LogP contribution < -0.4 is 20.5 Å². The van der Waals surface area contributed by atoms with Crippen molar-refractivity contribution in [1.29, 1.82) is 0 Å². The van der Waals surface area contributed by atoms with E-state index in [4.69, 9.17) is 16.3 Å². The summed E-state index contributed by atoms with van der Waals surface area (Å²) in [6.45, 7) is 4.45. The van der Waals surface area contributed by atoms with Crippen LogP contribution in [0.1, 0.15) is 62.5 Å². The number of imide groups is 1. The van der Waals surface area contributed by atoms with Crippen molar-refractivity contribution in [3.63, 3.8) is 0 Å². The Morgan fingerprint density at radius 2 is 1.67 bits per heavy atom. The number of halogens is 2. The van der Waals surface area contributed by atoms with Crippen LogP contribution in [-0.4, -0.2) is 59.6 Å². The Bertz CT molecular complexity index is 2020. The van der Waals surface area contributed by atoms with E-state index in [0.29, 0.717) is 47.2 Å². The Morgan fingerprint density at radius 1 is 0.942 bits per heavy atom. The largest absolute Gasteiger partial charge is 0.496 e. The molecule has 9 nitrogen and oxygen atoms in total. The number of nitrogens with one attached hydrogen (secondary N) is 1. The van der Waals surface area contributed by atoms with Gasteiger partial charge in [-0.05, 0) is 110 Å². The first-order valence-corrected chi connectivity index (χ1v) is 18.9. The smallest absolute Gasteiger partial charge is 0.259 e. The average Bonchev–Trinajstić information content (AvgIpc) is 3.15. The van der Waals surface area contributed by atoms with E-state index in [-0.39, 0.29) is 29.1 Å². The van der Waals surface area contributed by atoms with Crippen LogP contribution in [0.15, 0.2) is 59.8 Å². The van der Waals surface area contributed by atoms with Crippen LogP contribution in [0.25, 0.3) is 21.9 Å². The van der Waals surface area contributed by atoms with Gasteiger partial charge in [0.1, 0.15) is 11.6 Å². The van der Waals surface area contributed by atoms with Crippen molar-refractivity contribution in [3.05, 3.63) is 87.3 Å². The molecule has 1 atom stereocenters. The minimum Gasteiger partial charge on any atom is -0.496 e. The Morgan fingerprint density at radius 3 is 2.37 bits per heavy atom. The summed E-state index contributed by atoms with van der Waals surface area (Å²) in [6.07, 6.45) is 13.3. The van der Waals surface area contributed by atoms with Crippen molar-refractivity contribution in [2.45, 2.75) is 64.3 Å². The van der Waals surface area contributed by atoms with Crippen LogP contribution in [0.2, 0.25) is 5.02 Å². The SMILES string of the molecule is COc1cc(-c2cn(C)c(=O)c3cnccc23)cc(Cl)c1CN1CCC(CCC2CCN(c3ccc(CC4CCC(=O)NC4=O)cc3F)CC2)CC1. The second-order valence-corrected chi connectivity index (χ2v) is 15.3. The first kappa shape index (κ1) is 36.1. The van der Waals surface area contributed by atoms with Crippen molar-refractivity contribution in [3.8, 4) is 16.9 Å². The zero-order chi connectivity index (χ0) is 36.4. The van der Waals surface area contributed by atoms with Crippen LogP contribution in [0.4, 0.5) is 10.1 Å². The van der Waals surface area contributed by atoms with Gasteiger partial charge in [-0.1, -0.05) is 30.5 Å². The molecule has 1 unspecified atom stereocenters. The average molecular weight is 728 g/mol. The molecule has 3 aliphatic rings. The number of ether oxygens (including phenoxy) is 1. The van der Waals surface area contributed by atoms with Gasteiger partial charge in [0.05, 0.1) is 18.2 Å². The molecule has 1 N–H and O–H groups in total. The van der Waals surface area contributed by atoms with Gasteiger partial charge in [0.2, 0.25) is 11.8 Å². The summed E-state index contributed by atoms with van der Waals surface area (Å²) in [5, 5.41) is 4.45. The van der Waals surface area contributed by atoms with Crippen molar-refractivity contribution in [2.75, 3.05) is 38.2 Å². The standard InChI is InChI=1S/C41H47ClFN5O4/c1-46-24-33(31-9-14-44-23-32(31)41(46)51)30-21-35(42)34(38(22-30)52-2)25-47-15-10-26(11-16-47)3-4-27-12-17-48(18-13-27)37-7-5-28(20-36(37)43)19-29-6-8-39(49)45-40(29)50/h5,7,9,14,20-24,26-27,29H,3-4,6,8,10-13,15-19,25H2,1-2H3,(H,45,49,50). The molecule has 0 aliphatic carbocycles. The van der Waals surface area contributed by atoms with Crippen LogP contribution in [-0.2, 0) is 29.6 Å². The van der Waals surface area contributed by atoms with Gasteiger partial charge in [0.25, 0.3) is 5.56 Å². The van der Waals surface area contributed by atoms with E-state index >= 15 is 4.39 Å². The highest BCUT2D eigenvalue weighted by Gasteiger charge is 2.28. The number of aryl methyl sites for hydroxylation is 1. The Labute approximate surface area is 309 Å². The molecule has 0 bridgehead atoms. The molecule has 4 aromatic rings. The molecule has 5 heterocycles. The summed E-state index contributed by atoms with van der Waals surface area (Å²) < 4.78 is 22.7. The molecule has 3 fully saturated rings. The molecule has 3 saturated heterocycles. The quantitative estimate of drug-likeness (QED) is 0.178. The number of fused-ring (bicyclic) bond motifs is 1. The second-order valence-electron chi connectivity index (χ2n) is 14.9. The number of carbonyl (C=O) groups is 2. The monoisotopic (exact) mass is 727 g/mol. The first-order chi connectivity index (χ1) is 25.2. The second kappa shape index (κ2) is 15.8. The third kappa shape index (κ3) is 7.88. The highest BCUT2D eigenvalue weighted by atomic mass is 35.5. The van der Waals surface area contributed by atoms with Crippen molar-refractivity contribution >= 4 is 39.9 Å². The maximum Gasteiger partial charge on any atom is 0.259 e. The van der Waals surface area contributed by atoms with Crippen LogP contribution in [0.3, 0.4) is 0 Å². The van der Waals surface area contributed by atoms with Crippen molar-refractivity contribution in [2.24, 2.45) is 24.8 Å². The predicted octanol–water partition coefficient (Wildman–Crippen LogP) is 6.91. The van der Waals surface area contributed by atoms with Crippen molar-refractivity contribution < 1.29 is 18.7 Å². The Balaban J connectivity index is 0.883. The summed E-state index contributed by atoms with van der Waals surface area (Å²) in [5.74, 6) is 1.10. The molecule has 2 amide bonds. The number of amides is 2. The summed E-state index contributed by atoms with van der Waals surface area (Å²) in [4.78, 5) is 45.1. The maximum absolute atomic E-state index is 15.2. The van der Waals surface area contributed by atoms with Gasteiger partial charge >= 0.3 is 0 Å². The molecule has 274 valence electrons. The number of hydrogen-bond acceptors (Lipinski definition) is 7. The predicted molar refractivity (Wildman–Crippen MR) is 202 cm³/mol. The number of methoxy groups -OCH3 is 1. The lowest BCUT2D eigenvalue weighted by Gasteiger charge is -2.36. The number of anilines is 1. The topological polar surface area (TPSA) is 96.8 Å². The zero-order valence-corrected chi connectivity index (χ0v) is 30.8. The number of nitrogens with zero attached hydrogens (tertiary/aromatic N) is 4. The molecule has 3 aliphatic heterocycles. The lowest BCUT2D eigenvalue weighted by atomic mass is 9.85. The first-order valence-electron chi connectivity index (χ1n) is 18.6. The molecule has 2 aromatic carbocycles. The Hall–Kier alpha value is -4.28. The minimum absolute atomic E-state index is 0.0869. The minimum atomic E-state index is -0.286. The zero-order valence-electron chi connectivity index (χ0n) is 30.0. The molecular weight excluding hydrogens is 681 g/mol. The molecule has 0 spiro atoms. The molecule has 2 aromatic heterocycles. The van der Waals surface area contributed by atoms with Gasteiger partial charge < -0.3 is 14.2 Å². The highest BCUT2D eigenvalue weighted by Crippen LogP contribution is 2.38. The number of pyridine rings is 2. The Kier molecular flexibility index (Phi) is 10.9.